The molecule has 100 valence electrons. The Morgan fingerprint density at radius 3 is 2.78 bits per heavy atom. The number of benzene rings is 1. The molecule has 0 heterocycles. The van der Waals surface area contributed by atoms with E-state index in [0.717, 1.165) is 12.8 Å². The Kier molecular flexibility index (Phi) is 6.32. The fraction of sp³-hybridized carbons (Fsp3) is 0.462. The molecule has 0 saturated carbocycles. The van der Waals surface area contributed by atoms with Crippen LogP contribution in [0.3, 0.4) is 0 Å². The first-order valence-corrected chi connectivity index (χ1v) is 6.02. The van der Waals surface area contributed by atoms with E-state index in [4.69, 9.17) is 5.73 Å². The van der Waals surface area contributed by atoms with E-state index in [-0.39, 0.29) is 12.5 Å². The summed E-state index contributed by atoms with van der Waals surface area (Å²) in [6, 6.07) is 6.16. The van der Waals surface area contributed by atoms with Crippen LogP contribution in [0.4, 0.5) is 4.39 Å². The molecule has 1 aromatic carbocycles. The van der Waals surface area contributed by atoms with Crippen molar-refractivity contribution in [1.82, 2.24) is 5.32 Å². The van der Waals surface area contributed by atoms with Crippen LogP contribution in [0.5, 0.6) is 0 Å². The molecule has 1 aromatic rings. The number of primary amides is 1. The van der Waals surface area contributed by atoms with Gasteiger partial charge in [-0.25, -0.2) is 4.39 Å². The number of aliphatic hydroxyl groups is 1. The first-order valence-electron chi connectivity index (χ1n) is 6.02. The van der Waals surface area contributed by atoms with Gasteiger partial charge in [0.25, 0.3) is 0 Å². The third-order valence-electron chi connectivity index (χ3n) is 2.63. The molecule has 0 aliphatic carbocycles. The maximum absolute atomic E-state index is 13.3. The third kappa shape index (κ3) is 5.25. The molecule has 0 aliphatic heterocycles. The number of nitrogens with two attached hydrogens (primary N) is 1. The van der Waals surface area contributed by atoms with Crippen LogP contribution in [-0.4, -0.2) is 24.1 Å². The average Bonchev–Trinajstić information content (AvgIpc) is 2.33. The van der Waals surface area contributed by atoms with Crippen LogP contribution in [0.25, 0.3) is 0 Å². The number of hydrogen-bond donors (Lipinski definition) is 3. The largest absolute Gasteiger partial charge is 0.387 e. The minimum absolute atomic E-state index is 0.289. The van der Waals surface area contributed by atoms with Crippen LogP contribution >= 0.6 is 0 Å². The maximum atomic E-state index is 13.3. The molecule has 0 bridgehead atoms. The van der Waals surface area contributed by atoms with Crippen LogP contribution < -0.4 is 11.1 Å². The Morgan fingerprint density at radius 2 is 2.11 bits per heavy atom. The molecule has 0 fully saturated rings. The highest BCUT2D eigenvalue weighted by Gasteiger charge is 2.10. The van der Waals surface area contributed by atoms with Gasteiger partial charge in [-0.1, -0.05) is 18.2 Å². The maximum Gasteiger partial charge on any atom is 0.217 e. The lowest BCUT2D eigenvalue weighted by atomic mass is 10.1. The van der Waals surface area contributed by atoms with Gasteiger partial charge in [0.15, 0.2) is 0 Å². The van der Waals surface area contributed by atoms with Gasteiger partial charge in [0.05, 0.1) is 6.10 Å². The molecule has 0 saturated heterocycles. The molecule has 1 amide bonds. The van der Waals surface area contributed by atoms with Gasteiger partial charge in [0.2, 0.25) is 5.91 Å². The summed E-state index contributed by atoms with van der Waals surface area (Å²) in [5, 5.41) is 12.8. The van der Waals surface area contributed by atoms with Crippen LogP contribution in [0, 0.1) is 5.82 Å². The van der Waals surface area contributed by atoms with Crippen LogP contribution in [0.1, 0.15) is 30.9 Å². The van der Waals surface area contributed by atoms with Crippen molar-refractivity contribution in [2.24, 2.45) is 5.73 Å². The average molecular weight is 254 g/mol. The number of amides is 1. The number of halogens is 1. The fourth-order valence-corrected chi connectivity index (χ4v) is 1.64. The van der Waals surface area contributed by atoms with Gasteiger partial charge >= 0.3 is 0 Å². The predicted octanol–water partition coefficient (Wildman–Crippen LogP) is 1.10. The molecular weight excluding hydrogens is 235 g/mol. The third-order valence-corrected chi connectivity index (χ3v) is 2.63. The van der Waals surface area contributed by atoms with Crippen molar-refractivity contribution >= 4 is 5.91 Å². The Balaban J connectivity index is 2.20. The number of aliphatic hydroxyl groups excluding tert-OH is 1. The van der Waals surface area contributed by atoms with Crippen LogP contribution in [-0.2, 0) is 4.79 Å². The minimum atomic E-state index is -0.859. The van der Waals surface area contributed by atoms with Gasteiger partial charge in [-0.3, -0.25) is 4.79 Å². The highest BCUT2D eigenvalue weighted by Crippen LogP contribution is 2.15. The molecule has 1 atom stereocenters. The second-order valence-corrected chi connectivity index (χ2v) is 4.16. The molecule has 1 rings (SSSR count). The van der Waals surface area contributed by atoms with Crippen molar-refractivity contribution in [3.05, 3.63) is 35.6 Å². The van der Waals surface area contributed by atoms with Gasteiger partial charge in [0.1, 0.15) is 5.82 Å². The Hall–Kier alpha value is -1.46. The molecule has 1 unspecified atom stereocenters. The smallest absolute Gasteiger partial charge is 0.217 e. The molecule has 0 aromatic heterocycles. The lowest BCUT2D eigenvalue weighted by molar-refractivity contribution is -0.118. The van der Waals surface area contributed by atoms with Gasteiger partial charge < -0.3 is 16.2 Å². The number of carbonyl (C=O) groups is 1. The highest BCUT2D eigenvalue weighted by molar-refractivity contribution is 5.73. The quantitative estimate of drug-likeness (QED) is 0.608. The van der Waals surface area contributed by atoms with E-state index in [2.05, 4.69) is 5.32 Å². The second-order valence-electron chi connectivity index (χ2n) is 4.16. The number of carbonyl (C=O) groups excluding carboxylic acids is 1. The van der Waals surface area contributed by atoms with E-state index in [9.17, 15) is 14.3 Å². The topological polar surface area (TPSA) is 75.4 Å². The fourth-order valence-electron chi connectivity index (χ4n) is 1.64. The molecular formula is C13H19FN2O2. The van der Waals surface area contributed by atoms with E-state index in [1.807, 2.05) is 0 Å². The van der Waals surface area contributed by atoms with E-state index in [0.29, 0.717) is 18.5 Å². The van der Waals surface area contributed by atoms with E-state index < -0.39 is 11.9 Å². The van der Waals surface area contributed by atoms with Crippen molar-refractivity contribution in [1.29, 1.82) is 0 Å². The Morgan fingerprint density at radius 1 is 1.39 bits per heavy atom. The minimum Gasteiger partial charge on any atom is -0.387 e. The first-order chi connectivity index (χ1) is 8.61. The zero-order chi connectivity index (χ0) is 13.4. The van der Waals surface area contributed by atoms with E-state index in [1.165, 1.54) is 6.07 Å². The van der Waals surface area contributed by atoms with Crippen molar-refractivity contribution in [2.75, 3.05) is 13.1 Å². The molecule has 0 aliphatic rings. The van der Waals surface area contributed by atoms with Crippen molar-refractivity contribution in [3.8, 4) is 0 Å². The highest BCUT2D eigenvalue weighted by atomic mass is 19.1. The number of hydrogen-bond acceptors (Lipinski definition) is 3. The Labute approximate surface area is 106 Å². The number of nitrogens with one attached hydrogen (secondary N) is 1. The van der Waals surface area contributed by atoms with Gasteiger partial charge in [-0.05, 0) is 25.5 Å². The lowest BCUT2D eigenvalue weighted by Gasteiger charge is -2.12. The molecule has 5 heteroatoms. The summed E-state index contributed by atoms with van der Waals surface area (Å²) in [4.78, 5) is 10.5. The monoisotopic (exact) mass is 254 g/mol. The normalized spacial score (nSPS) is 12.3. The predicted molar refractivity (Wildman–Crippen MR) is 67.3 cm³/mol. The lowest BCUT2D eigenvalue weighted by Crippen LogP contribution is -2.23. The van der Waals surface area contributed by atoms with E-state index in [1.54, 1.807) is 18.2 Å². The molecule has 4 N–H and O–H groups in total. The van der Waals surface area contributed by atoms with Gasteiger partial charge in [0, 0.05) is 18.5 Å². The zero-order valence-electron chi connectivity index (χ0n) is 10.2. The summed E-state index contributed by atoms with van der Waals surface area (Å²) >= 11 is 0. The standard InChI is InChI=1S/C13H19FN2O2/c14-11-6-2-1-5-10(11)12(17)9-16-8-4-3-7-13(15)18/h1-2,5-6,12,16-17H,3-4,7-9H2,(H2,15,18). The van der Waals surface area contributed by atoms with Crippen molar-refractivity contribution in [2.45, 2.75) is 25.4 Å². The van der Waals surface area contributed by atoms with Crippen LogP contribution in [0.15, 0.2) is 24.3 Å². The molecule has 0 radical (unpaired) electrons. The summed E-state index contributed by atoms with van der Waals surface area (Å²) in [5.74, 6) is -0.707. The first kappa shape index (κ1) is 14.6. The zero-order valence-corrected chi connectivity index (χ0v) is 10.2. The summed E-state index contributed by atoms with van der Waals surface area (Å²) in [6.07, 6.45) is 1.03. The SMILES string of the molecule is NC(=O)CCCCNCC(O)c1ccccc1F. The van der Waals surface area contributed by atoms with Crippen LogP contribution in [0.2, 0.25) is 0 Å². The Bertz CT molecular complexity index is 385. The molecule has 4 nitrogen and oxygen atoms in total. The summed E-state index contributed by atoms with van der Waals surface area (Å²) in [6.45, 7) is 0.955. The number of rotatable bonds is 8. The summed E-state index contributed by atoms with van der Waals surface area (Å²) in [5.41, 5.74) is 5.30. The van der Waals surface area contributed by atoms with Crippen molar-refractivity contribution < 1.29 is 14.3 Å². The number of unbranched alkanes of at least 4 members (excludes halogenated alkanes) is 1. The second kappa shape index (κ2) is 7.79. The summed E-state index contributed by atoms with van der Waals surface area (Å²) < 4.78 is 13.3. The van der Waals surface area contributed by atoms with E-state index >= 15 is 0 Å². The molecule has 18 heavy (non-hydrogen) atoms. The van der Waals surface area contributed by atoms with Gasteiger partial charge in [-0.15, -0.1) is 0 Å². The molecule has 0 spiro atoms. The summed E-state index contributed by atoms with van der Waals surface area (Å²) in [7, 11) is 0. The van der Waals surface area contributed by atoms with Crippen molar-refractivity contribution in [3.63, 3.8) is 0 Å². The van der Waals surface area contributed by atoms with Gasteiger partial charge in [-0.2, -0.15) is 0 Å².